The summed E-state index contributed by atoms with van der Waals surface area (Å²) in [4.78, 5) is 47.4. The van der Waals surface area contributed by atoms with Gasteiger partial charge in [-0.2, -0.15) is 0 Å². The lowest BCUT2D eigenvalue weighted by Crippen LogP contribution is -2.45. The first kappa shape index (κ1) is 39.1. The van der Waals surface area contributed by atoms with E-state index in [2.05, 4.69) is 32.9 Å². The highest BCUT2D eigenvalue weighted by Crippen LogP contribution is 2.61. The average molecular weight is 754 g/mol. The molecule has 0 aliphatic carbocycles. The van der Waals surface area contributed by atoms with E-state index in [-0.39, 0.29) is 57.0 Å². The number of benzene rings is 3. The Kier molecular flexibility index (Phi) is 11.6. The summed E-state index contributed by atoms with van der Waals surface area (Å²) in [7, 11) is -3.59. The summed E-state index contributed by atoms with van der Waals surface area (Å²) in [6, 6.07) is 22.3. The second kappa shape index (κ2) is 16.0. The van der Waals surface area contributed by atoms with E-state index in [0.29, 0.717) is 28.4 Å². The number of carbonyl (C=O) groups is 3. The van der Waals surface area contributed by atoms with Crippen molar-refractivity contribution in [1.82, 2.24) is 4.90 Å². The van der Waals surface area contributed by atoms with Crippen LogP contribution < -0.4 is 14.5 Å². The van der Waals surface area contributed by atoms with Crippen LogP contribution in [0.15, 0.2) is 96.1 Å². The van der Waals surface area contributed by atoms with Gasteiger partial charge in [0.25, 0.3) is 11.8 Å². The first-order valence-corrected chi connectivity index (χ1v) is 21.8. The van der Waals surface area contributed by atoms with Gasteiger partial charge in [-0.25, -0.2) is 0 Å². The number of aliphatic hydroxyl groups is 1. The van der Waals surface area contributed by atoms with Crippen LogP contribution in [0.3, 0.4) is 0 Å². The Morgan fingerprint density at radius 3 is 2.44 bits per heavy atom. The number of aliphatic hydroxyl groups excluding tert-OH is 1. The maximum Gasteiger partial charge on any atom is 0.269 e. The van der Waals surface area contributed by atoms with Crippen LogP contribution in [0, 0.1) is 5.92 Å². The van der Waals surface area contributed by atoms with Crippen molar-refractivity contribution in [2.75, 3.05) is 36.1 Å². The number of nitrogens with zero attached hydrogens (tertiary/aromatic N) is 3. The molecule has 3 aliphatic rings. The molecule has 1 fully saturated rings. The molecule has 0 radical (unpaired) electrons. The van der Waals surface area contributed by atoms with Gasteiger partial charge in [0.1, 0.15) is 5.75 Å². The molecule has 54 heavy (non-hydrogen) atoms. The number of rotatable bonds is 13. The van der Waals surface area contributed by atoms with Gasteiger partial charge in [0.2, 0.25) is 14.3 Å². The third-order valence-electron chi connectivity index (χ3n) is 10.9. The molecule has 0 aromatic heterocycles. The zero-order valence-corrected chi connectivity index (χ0v) is 33.2. The smallest absolute Gasteiger partial charge is 0.269 e. The van der Waals surface area contributed by atoms with Gasteiger partial charge < -0.3 is 28.5 Å². The molecule has 3 amide bonds. The fraction of sp³-hybridized carbons (Fsp3) is 0.419. The Labute approximate surface area is 319 Å². The molecule has 3 aromatic carbocycles. The van der Waals surface area contributed by atoms with E-state index in [1.165, 1.54) is 5.57 Å². The fourth-order valence-corrected chi connectivity index (χ4v) is 10.9. The van der Waals surface area contributed by atoms with E-state index >= 15 is 8.90 Å². The molecule has 11 heteroatoms. The summed E-state index contributed by atoms with van der Waals surface area (Å²) in [5.74, 6) is -0.925. The normalized spacial score (nSPS) is 22.3. The predicted molar refractivity (Wildman–Crippen MR) is 212 cm³/mol. The molecule has 6 rings (SSSR count). The van der Waals surface area contributed by atoms with Gasteiger partial charge in [-0.05, 0) is 82.6 Å². The van der Waals surface area contributed by atoms with Crippen molar-refractivity contribution >= 4 is 43.2 Å². The summed E-state index contributed by atoms with van der Waals surface area (Å²) in [6.07, 6.45) is 4.93. The highest BCUT2D eigenvalue weighted by Gasteiger charge is 2.67. The Bertz CT molecular complexity index is 1940. The van der Waals surface area contributed by atoms with Crippen molar-refractivity contribution < 1.29 is 33.1 Å². The number of hydrogen-bond donors (Lipinski definition) is 1. The van der Waals surface area contributed by atoms with Crippen LogP contribution >= 0.6 is 0 Å². The third kappa shape index (κ3) is 7.67. The first-order chi connectivity index (χ1) is 25.8. The summed E-state index contributed by atoms with van der Waals surface area (Å²) in [5.41, 5.74) is 3.29. The predicted octanol–water partition coefficient (Wildman–Crippen LogP) is 7.97. The van der Waals surface area contributed by atoms with E-state index in [1.54, 1.807) is 33.9 Å². The number of hydrogen-bond acceptors (Lipinski definition) is 6. The van der Waals surface area contributed by atoms with Crippen LogP contribution in [0.2, 0.25) is 18.6 Å². The summed E-state index contributed by atoms with van der Waals surface area (Å²) in [5, 5.41) is 9.89. The van der Waals surface area contributed by atoms with Crippen LogP contribution in [0.25, 0.3) is 0 Å². The molecular formula is C43H52FN3O6Si. The molecule has 0 unspecified atom stereocenters. The average Bonchev–Trinajstić information content (AvgIpc) is 3.56. The van der Waals surface area contributed by atoms with Crippen LogP contribution in [0.1, 0.15) is 58.1 Å². The van der Waals surface area contributed by atoms with Crippen molar-refractivity contribution in [2.45, 2.75) is 83.8 Å². The minimum atomic E-state index is -3.59. The van der Waals surface area contributed by atoms with Crippen LogP contribution in [-0.2, 0) is 31.3 Å². The van der Waals surface area contributed by atoms with Crippen LogP contribution in [0.4, 0.5) is 21.2 Å². The lowest BCUT2D eigenvalue weighted by Gasteiger charge is -2.32. The maximum absolute atomic E-state index is 16.7. The minimum Gasteiger partial charge on any atom is -0.482 e. The Morgan fingerprint density at radius 2 is 1.74 bits per heavy atom. The zero-order valence-electron chi connectivity index (χ0n) is 32.2. The van der Waals surface area contributed by atoms with Gasteiger partial charge in [-0.15, -0.1) is 0 Å². The molecule has 1 spiro atoms. The second-order valence-electron chi connectivity index (χ2n) is 15.5. The highest BCUT2D eigenvalue weighted by molar-refractivity contribution is 6.72. The molecule has 3 heterocycles. The Morgan fingerprint density at radius 1 is 1.02 bits per heavy atom. The lowest BCUT2D eigenvalue weighted by atomic mass is 9.82. The van der Waals surface area contributed by atoms with Crippen LogP contribution in [-0.4, -0.2) is 68.5 Å². The van der Waals surface area contributed by atoms with E-state index in [9.17, 15) is 14.7 Å². The SMILES string of the molecule is CC(C)=CCC/C(C)=C/CN1C(=O)[C@]2(O[C@H](CC(=O)N(CCO)Cc3ccccc3)[C@@H]([Si](C)(C)F)[C@@H]2C)c2cc(N3C(=O)COc4ccccc43)ccc21. The van der Waals surface area contributed by atoms with Crippen molar-refractivity contribution in [3.63, 3.8) is 0 Å². The number of fused-ring (bicyclic) bond motifs is 3. The molecule has 286 valence electrons. The van der Waals surface area contributed by atoms with E-state index in [1.807, 2.05) is 73.7 Å². The number of carbonyl (C=O) groups excluding carboxylic acids is 3. The first-order valence-electron chi connectivity index (χ1n) is 18.9. The monoisotopic (exact) mass is 753 g/mol. The lowest BCUT2D eigenvalue weighted by molar-refractivity contribution is -0.149. The number of halogens is 1. The molecule has 3 aliphatic heterocycles. The number of amides is 3. The van der Waals surface area contributed by atoms with Crippen molar-refractivity contribution in [1.29, 1.82) is 0 Å². The quantitative estimate of drug-likeness (QED) is 0.108. The maximum atomic E-state index is 16.7. The van der Waals surface area contributed by atoms with E-state index in [0.717, 1.165) is 24.0 Å². The molecule has 0 saturated carbocycles. The van der Waals surface area contributed by atoms with Gasteiger partial charge >= 0.3 is 0 Å². The summed E-state index contributed by atoms with van der Waals surface area (Å²) in [6.45, 7) is 11.6. The number of anilines is 3. The number of para-hydroxylation sites is 2. The second-order valence-corrected chi connectivity index (χ2v) is 19.3. The highest BCUT2D eigenvalue weighted by atomic mass is 28.4. The van der Waals surface area contributed by atoms with Crippen molar-refractivity contribution in [3.8, 4) is 5.75 Å². The van der Waals surface area contributed by atoms with E-state index < -0.39 is 31.6 Å². The largest absolute Gasteiger partial charge is 0.482 e. The molecule has 4 atom stereocenters. The molecule has 1 saturated heterocycles. The third-order valence-corrected chi connectivity index (χ3v) is 13.4. The Hall–Kier alpha value is -4.58. The molecular weight excluding hydrogens is 702 g/mol. The topological polar surface area (TPSA) is 99.6 Å². The molecule has 3 aromatic rings. The summed E-state index contributed by atoms with van der Waals surface area (Å²) < 4.78 is 29.4. The van der Waals surface area contributed by atoms with E-state index in [4.69, 9.17) is 9.47 Å². The van der Waals surface area contributed by atoms with Gasteiger partial charge in [0.05, 0.1) is 30.5 Å². The molecule has 1 N–H and O–H groups in total. The number of ether oxygens (including phenoxy) is 2. The van der Waals surface area contributed by atoms with Gasteiger partial charge in [0, 0.05) is 42.3 Å². The molecule has 0 bridgehead atoms. The zero-order chi connectivity index (χ0) is 38.8. The van der Waals surface area contributed by atoms with Crippen molar-refractivity contribution in [2.24, 2.45) is 5.92 Å². The molecule has 9 nitrogen and oxygen atoms in total. The van der Waals surface area contributed by atoms with Gasteiger partial charge in [-0.1, -0.05) is 72.7 Å². The standard InChI is InChI=1S/C43H52FN3O6Si/c1-29(2)13-12-14-30(3)21-22-46-35-20-19-33(47-36-17-10-11-18-37(36)52-28-40(47)50)25-34(35)43(42(46)51)31(4)41(54(5,6)44)38(53-43)26-39(49)45(23-24-48)27-32-15-8-7-9-16-32/h7-11,13,15-21,25,31,38,41,48H,12,14,22-24,26-28H2,1-6H3/b30-21+/t31-,38+,41-,43+/m0/s1. The minimum absolute atomic E-state index is 0.107. The van der Waals surface area contributed by atoms with Gasteiger partial charge in [0.15, 0.2) is 12.2 Å². The fourth-order valence-electron chi connectivity index (χ4n) is 8.40. The number of allylic oxidation sites excluding steroid dienone is 3. The summed E-state index contributed by atoms with van der Waals surface area (Å²) >= 11 is 0. The van der Waals surface area contributed by atoms with Crippen molar-refractivity contribution in [3.05, 3.63) is 107 Å². The Balaban J connectivity index is 1.41. The van der Waals surface area contributed by atoms with Gasteiger partial charge in [-0.3, -0.25) is 19.3 Å². The van der Waals surface area contributed by atoms with Crippen LogP contribution in [0.5, 0.6) is 5.75 Å².